The van der Waals surface area contributed by atoms with Crippen LogP contribution in [0.5, 0.6) is 0 Å². The zero-order valence-electron chi connectivity index (χ0n) is 17.4. The number of fused-ring (bicyclic) bond motifs is 2. The van der Waals surface area contributed by atoms with Gasteiger partial charge in [-0.15, -0.1) is 0 Å². The molecular weight excluding hydrogens is 379 g/mol. The number of nitrogens with one attached hydrogen (secondary N) is 1. The monoisotopic (exact) mass is 406 g/mol. The van der Waals surface area contributed by atoms with Gasteiger partial charge in [-0.3, -0.25) is 9.59 Å². The molecule has 4 rings (SSSR count). The molecule has 1 aromatic carbocycles. The molecule has 0 spiro atoms. The van der Waals surface area contributed by atoms with Crippen molar-refractivity contribution in [2.24, 2.45) is 5.73 Å². The van der Waals surface area contributed by atoms with Crippen LogP contribution in [0.25, 0.3) is 11.1 Å². The number of carbonyl (C=O) groups excluding carboxylic acids is 2. The van der Waals surface area contributed by atoms with Crippen molar-refractivity contribution in [1.82, 2.24) is 5.32 Å². The number of benzene rings is 1. The average Bonchev–Trinajstić information content (AvgIpc) is 2.90. The normalized spacial score (nSPS) is 20.3. The molecule has 0 bridgehead atoms. The smallest absolute Gasteiger partial charge is 0.296 e. The van der Waals surface area contributed by atoms with E-state index in [0.717, 1.165) is 61.6 Å². The number of hydrogen-bond donors (Lipinski definition) is 2. The van der Waals surface area contributed by atoms with Crippen molar-refractivity contribution in [2.45, 2.75) is 70.8 Å². The number of allylic oxidation sites excluding steroid dienone is 3. The van der Waals surface area contributed by atoms with E-state index < -0.39 is 11.7 Å². The number of nitrogens with two attached hydrogens (primary N) is 1. The minimum atomic E-state index is -0.574. The Bertz CT molecular complexity index is 1040. The van der Waals surface area contributed by atoms with Gasteiger partial charge in [0.1, 0.15) is 5.82 Å². The first-order valence-corrected chi connectivity index (χ1v) is 10.8. The second kappa shape index (κ2) is 8.47. The van der Waals surface area contributed by atoms with E-state index in [1.165, 1.54) is 23.6 Å². The van der Waals surface area contributed by atoms with Gasteiger partial charge >= 0.3 is 0 Å². The number of carbonyl (C=O) groups is 2. The van der Waals surface area contributed by atoms with Crippen molar-refractivity contribution in [3.8, 4) is 11.8 Å². The summed E-state index contributed by atoms with van der Waals surface area (Å²) in [5, 5.41) is 2.91. The topological polar surface area (TPSA) is 72.2 Å². The Hall–Kier alpha value is -2.87. The van der Waals surface area contributed by atoms with Crippen LogP contribution in [0.15, 0.2) is 17.7 Å². The Labute approximate surface area is 176 Å². The van der Waals surface area contributed by atoms with Crippen LogP contribution in [-0.2, 0) is 11.2 Å². The maximum Gasteiger partial charge on any atom is 0.296 e. The van der Waals surface area contributed by atoms with Gasteiger partial charge in [0.2, 0.25) is 5.91 Å². The first-order chi connectivity index (χ1) is 14.5. The number of primary amides is 1. The molecule has 0 saturated heterocycles. The Morgan fingerprint density at radius 1 is 1.13 bits per heavy atom. The molecule has 0 aliphatic heterocycles. The summed E-state index contributed by atoms with van der Waals surface area (Å²) in [6.07, 6.45) is 10.4. The molecule has 3 aliphatic carbocycles. The predicted octanol–water partition coefficient (Wildman–Crippen LogP) is 4.27. The minimum Gasteiger partial charge on any atom is -0.366 e. The second-order valence-electron chi connectivity index (χ2n) is 8.36. The third-order valence-electron chi connectivity index (χ3n) is 6.42. The lowest BCUT2D eigenvalue weighted by Gasteiger charge is -2.24. The third kappa shape index (κ3) is 3.79. The average molecular weight is 407 g/mol. The number of amides is 2. The summed E-state index contributed by atoms with van der Waals surface area (Å²) in [6, 6.07) is 1.14. The summed E-state index contributed by atoms with van der Waals surface area (Å²) < 4.78 is 15.4. The van der Waals surface area contributed by atoms with E-state index in [4.69, 9.17) is 5.73 Å². The highest BCUT2D eigenvalue weighted by molar-refractivity contribution is 5.99. The molecule has 156 valence electrons. The molecule has 1 aromatic rings. The van der Waals surface area contributed by atoms with E-state index in [9.17, 15) is 9.59 Å². The first kappa shape index (κ1) is 20.4. The summed E-state index contributed by atoms with van der Waals surface area (Å²) in [4.78, 5) is 24.0. The maximum atomic E-state index is 15.4. The van der Waals surface area contributed by atoms with Gasteiger partial charge in [0.05, 0.1) is 0 Å². The summed E-state index contributed by atoms with van der Waals surface area (Å²) in [5.41, 5.74) is 11.7. The zero-order valence-corrected chi connectivity index (χ0v) is 17.4. The molecule has 0 fully saturated rings. The highest BCUT2D eigenvalue weighted by Crippen LogP contribution is 2.47. The van der Waals surface area contributed by atoms with Crippen molar-refractivity contribution in [3.63, 3.8) is 0 Å². The standard InChI is InChI=1S/C25H27FN2O2/c1-2-7-22(29)28-17-10-6-9-16(12-17)23-21(26)14-20(25(27)30)19-13-15-8-4-3-5-11-18(15)24(19)23/h12,14,17H,3-6,8-11,13H2,1H3,(H2,27,30)(H,28,29)/t17-/m0/s1. The minimum absolute atomic E-state index is 0.169. The van der Waals surface area contributed by atoms with Gasteiger partial charge in [-0.25, -0.2) is 4.39 Å². The molecule has 4 nitrogen and oxygen atoms in total. The Morgan fingerprint density at radius 2 is 1.93 bits per heavy atom. The summed E-state index contributed by atoms with van der Waals surface area (Å²) in [5.74, 6) is 3.82. The predicted molar refractivity (Wildman–Crippen MR) is 116 cm³/mol. The summed E-state index contributed by atoms with van der Waals surface area (Å²) in [6.45, 7) is 1.62. The van der Waals surface area contributed by atoms with Crippen LogP contribution in [-0.4, -0.2) is 17.9 Å². The van der Waals surface area contributed by atoms with Gasteiger partial charge in [-0.1, -0.05) is 24.0 Å². The molecule has 0 saturated carbocycles. The second-order valence-corrected chi connectivity index (χ2v) is 8.36. The van der Waals surface area contributed by atoms with Crippen LogP contribution in [0.3, 0.4) is 0 Å². The van der Waals surface area contributed by atoms with Crippen molar-refractivity contribution in [2.75, 3.05) is 0 Å². The molecule has 0 radical (unpaired) electrons. The molecule has 5 heteroatoms. The fraction of sp³-hybridized carbons (Fsp3) is 0.440. The quantitative estimate of drug-likeness (QED) is 0.736. The van der Waals surface area contributed by atoms with Crippen LogP contribution in [0.1, 0.15) is 85.3 Å². The lowest BCUT2D eigenvalue weighted by molar-refractivity contribution is -0.116. The van der Waals surface area contributed by atoms with E-state index in [1.807, 2.05) is 6.08 Å². The molecule has 30 heavy (non-hydrogen) atoms. The molecule has 1 atom stereocenters. The van der Waals surface area contributed by atoms with E-state index in [-0.39, 0.29) is 11.9 Å². The van der Waals surface area contributed by atoms with Crippen molar-refractivity contribution in [3.05, 3.63) is 45.8 Å². The fourth-order valence-electron chi connectivity index (χ4n) is 5.16. The summed E-state index contributed by atoms with van der Waals surface area (Å²) in [7, 11) is 0. The number of rotatable bonds is 3. The number of halogens is 1. The molecule has 3 N–H and O–H groups in total. The SMILES string of the molecule is CC#CC(=O)N[C@@H]1C=C(c2c(F)cc(C(N)=O)c3c2C2=C(CCCCC2)C3)CCC1. The van der Waals surface area contributed by atoms with E-state index in [2.05, 4.69) is 17.2 Å². The van der Waals surface area contributed by atoms with Crippen LogP contribution in [0.4, 0.5) is 4.39 Å². The maximum absolute atomic E-state index is 15.4. The lowest BCUT2D eigenvalue weighted by atomic mass is 9.83. The Balaban J connectivity index is 1.82. The molecule has 0 unspecified atom stereocenters. The van der Waals surface area contributed by atoms with Crippen molar-refractivity contribution in [1.29, 1.82) is 0 Å². The molecule has 2 amide bonds. The number of hydrogen-bond acceptors (Lipinski definition) is 2. The lowest BCUT2D eigenvalue weighted by Crippen LogP contribution is -2.34. The Kier molecular flexibility index (Phi) is 5.76. The summed E-state index contributed by atoms with van der Waals surface area (Å²) >= 11 is 0. The first-order valence-electron chi connectivity index (χ1n) is 10.8. The van der Waals surface area contributed by atoms with Crippen LogP contribution in [0, 0.1) is 17.7 Å². The van der Waals surface area contributed by atoms with Gasteiger partial charge in [0.25, 0.3) is 5.91 Å². The van der Waals surface area contributed by atoms with Gasteiger partial charge < -0.3 is 11.1 Å². The largest absolute Gasteiger partial charge is 0.366 e. The van der Waals surface area contributed by atoms with Gasteiger partial charge in [0.15, 0.2) is 0 Å². The van der Waals surface area contributed by atoms with E-state index in [0.29, 0.717) is 17.5 Å². The fourth-order valence-corrected chi connectivity index (χ4v) is 5.16. The van der Waals surface area contributed by atoms with E-state index in [1.54, 1.807) is 6.92 Å². The van der Waals surface area contributed by atoms with Crippen molar-refractivity contribution >= 4 is 23.0 Å². The molecule has 0 aromatic heterocycles. The van der Waals surface area contributed by atoms with Crippen LogP contribution < -0.4 is 11.1 Å². The highest BCUT2D eigenvalue weighted by Gasteiger charge is 2.32. The third-order valence-corrected chi connectivity index (χ3v) is 6.42. The van der Waals surface area contributed by atoms with Gasteiger partial charge in [-0.05, 0) is 92.6 Å². The van der Waals surface area contributed by atoms with Crippen molar-refractivity contribution < 1.29 is 14.0 Å². The Morgan fingerprint density at radius 3 is 2.70 bits per heavy atom. The van der Waals surface area contributed by atoms with Gasteiger partial charge in [-0.2, -0.15) is 0 Å². The van der Waals surface area contributed by atoms with Crippen LogP contribution >= 0.6 is 0 Å². The molecular formula is C25H27FN2O2. The van der Waals surface area contributed by atoms with E-state index >= 15 is 4.39 Å². The molecule has 3 aliphatic rings. The molecule has 0 heterocycles. The highest BCUT2D eigenvalue weighted by atomic mass is 19.1. The zero-order chi connectivity index (χ0) is 21.3. The van der Waals surface area contributed by atoms with Crippen LogP contribution in [0.2, 0.25) is 0 Å². The van der Waals surface area contributed by atoms with Gasteiger partial charge in [0, 0.05) is 17.2 Å².